The van der Waals surface area contributed by atoms with Crippen LogP contribution in [-0.4, -0.2) is 19.5 Å². The van der Waals surface area contributed by atoms with E-state index >= 15 is 0 Å². The van der Waals surface area contributed by atoms with E-state index < -0.39 is 0 Å². The van der Waals surface area contributed by atoms with Crippen molar-refractivity contribution < 1.29 is 4.42 Å². The minimum absolute atomic E-state index is 0.0953. The van der Waals surface area contributed by atoms with Gasteiger partial charge in [-0.25, -0.2) is 15.0 Å². The second-order valence-electron chi connectivity index (χ2n) is 19.9. The van der Waals surface area contributed by atoms with Crippen molar-refractivity contribution >= 4 is 65.3 Å². The molecule has 1 aliphatic carbocycles. The van der Waals surface area contributed by atoms with Crippen LogP contribution in [0.2, 0.25) is 0 Å². The minimum Gasteiger partial charge on any atom is -0.456 e. The lowest BCUT2D eigenvalue weighted by Crippen LogP contribution is -2.14. The molecule has 14 aromatic rings. The van der Waals surface area contributed by atoms with E-state index in [1.165, 1.54) is 65.7 Å². The van der Waals surface area contributed by atoms with Crippen LogP contribution in [0.3, 0.4) is 0 Å². The highest BCUT2D eigenvalue weighted by Crippen LogP contribution is 2.50. The molecule has 342 valence electrons. The SMILES string of the molecule is CC1(C)c2ccccc2-c2ccc(-c3cccc(-c4cccc5c6c7ccccc7c7ccccc7c6n(-c6cccc(-c7nc(-c8ccccc8)nc(-c8ccc9c(c8)oc8ccccc89)n7)c6)c45)c3)cc21. The molecular weight excluding hydrogens is 889 g/mol. The predicted octanol–water partition coefficient (Wildman–Crippen LogP) is 17.8. The van der Waals surface area contributed by atoms with Crippen molar-refractivity contribution in [2.24, 2.45) is 0 Å². The van der Waals surface area contributed by atoms with E-state index in [-0.39, 0.29) is 5.41 Å². The summed E-state index contributed by atoms with van der Waals surface area (Å²) in [5.41, 5.74) is 17.6. The molecule has 0 saturated carbocycles. The smallest absolute Gasteiger partial charge is 0.164 e. The second kappa shape index (κ2) is 15.8. The minimum atomic E-state index is -0.0953. The van der Waals surface area contributed by atoms with Gasteiger partial charge in [0.2, 0.25) is 0 Å². The van der Waals surface area contributed by atoms with Crippen molar-refractivity contribution in [3.05, 3.63) is 242 Å². The Morgan fingerprint density at radius 1 is 0.329 bits per heavy atom. The zero-order chi connectivity index (χ0) is 48.4. The molecule has 0 fully saturated rings. The highest BCUT2D eigenvalue weighted by molar-refractivity contribution is 6.33. The molecule has 0 radical (unpaired) electrons. The Hall–Kier alpha value is -9.45. The third-order valence-electron chi connectivity index (χ3n) is 15.4. The number of hydrogen-bond acceptors (Lipinski definition) is 4. The number of aromatic nitrogens is 4. The van der Waals surface area contributed by atoms with Crippen molar-refractivity contribution in [2.75, 3.05) is 0 Å². The average Bonchev–Trinajstić information content (AvgIpc) is 4.09. The van der Waals surface area contributed by atoms with Gasteiger partial charge in [-0.1, -0.05) is 202 Å². The molecule has 0 atom stereocenters. The standard InChI is InChI=1S/C68H44N4O/c1-68(2)58-31-12-10-25-51(58)52-35-33-43(39-59(52)68)42-19-14-20-44(37-42)48-29-16-30-57-62-55-27-8-6-23-49(55)50-24-7-9-28-56(50)64(62)72(63(48)57)47-22-15-21-45(38-47)66-69-65(41-17-4-3-5-18-41)70-67(71-66)46-34-36-54-53-26-11-13-32-60(53)73-61(54)40-46/h3-40H,1-2H3. The average molecular weight is 933 g/mol. The molecule has 11 aromatic carbocycles. The lowest BCUT2D eigenvalue weighted by atomic mass is 9.81. The summed E-state index contributed by atoms with van der Waals surface area (Å²) in [6, 6.07) is 82.8. The number of rotatable bonds is 6. The highest BCUT2D eigenvalue weighted by atomic mass is 16.3. The first-order valence-corrected chi connectivity index (χ1v) is 25.0. The summed E-state index contributed by atoms with van der Waals surface area (Å²) in [5.74, 6) is 1.76. The topological polar surface area (TPSA) is 56.7 Å². The van der Waals surface area contributed by atoms with Crippen LogP contribution >= 0.6 is 0 Å². The van der Waals surface area contributed by atoms with E-state index in [0.29, 0.717) is 17.5 Å². The van der Waals surface area contributed by atoms with Gasteiger partial charge in [0.25, 0.3) is 0 Å². The Bertz CT molecular complexity index is 4600. The summed E-state index contributed by atoms with van der Waals surface area (Å²) in [6.45, 7) is 4.70. The Morgan fingerprint density at radius 3 is 1.71 bits per heavy atom. The number of para-hydroxylation sites is 2. The van der Waals surface area contributed by atoms with Crippen molar-refractivity contribution in [1.29, 1.82) is 0 Å². The zero-order valence-corrected chi connectivity index (χ0v) is 40.1. The lowest BCUT2D eigenvalue weighted by Gasteiger charge is -2.22. The molecule has 1 aliphatic rings. The number of nitrogens with zero attached hydrogens (tertiary/aromatic N) is 4. The summed E-state index contributed by atoms with van der Waals surface area (Å²) in [5, 5.41) is 9.42. The fourth-order valence-corrected chi connectivity index (χ4v) is 12.0. The molecule has 0 spiro atoms. The Labute approximate surface area is 421 Å². The maximum atomic E-state index is 6.36. The molecule has 0 N–H and O–H groups in total. The first kappa shape index (κ1) is 41.3. The molecule has 0 unspecified atom stereocenters. The Morgan fingerprint density at radius 2 is 0.877 bits per heavy atom. The molecule has 3 aromatic heterocycles. The maximum absolute atomic E-state index is 6.36. The lowest BCUT2D eigenvalue weighted by molar-refractivity contribution is 0.660. The summed E-state index contributed by atoms with van der Waals surface area (Å²) < 4.78 is 8.86. The largest absolute Gasteiger partial charge is 0.456 e. The molecule has 0 amide bonds. The van der Waals surface area contributed by atoms with Crippen LogP contribution in [0.15, 0.2) is 235 Å². The summed E-state index contributed by atoms with van der Waals surface area (Å²) >= 11 is 0. The van der Waals surface area contributed by atoms with Crippen LogP contribution in [-0.2, 0) is 5.41 Å². The van der Waals surface area contributed by atoms with E-state index in [1.54, 1.807) is 0 Å². The van der Waals surface area contributed by atoms with E-state index in [4.69, 9.17) is 19.4 Å². The third-order valence-corrected chi connectivity index (χ3v) is 15.4. The first-order chi connectivity index (χ1) is 35.9. The molecular formula is C68H44N4O. The van der Waals surface area contributed by atoms with Crippen LogP contribution in [0.25, 0.3) is 139 Å². The predicted molar refractivity (Wildman–Crippen MR) is 301 cm³/mol. The highest BCUT2D eigenvalue weighted by Gasteiger charge is 2.35. The van der Waals surface area contributed by atoms with Gasteiger partial charge >= 0.3 is 0 Å². The van der Waals surface area contributed by atoms with Crippen molar-refractivity contribution in [3.63, 3.8) is 0 Å². The quantitative estimate of drug-likeness (QED) is 0.156. The summed E-state index contributed by atoms with van der Waals surface area (Å²) in [6.07, 6.45) is 0. The van der Waals surface area contributed by atoms with Gasteiger partial charge in [-0.15, -0.1) is 0 Å². The van der Waals surface area contributed by atoms with Gasteiger partial charge in [-0.2, -0.15) is 0 Å². The summed E-state index contributed by atoms with van der Waals surface area (Å²) in [7, 11) is 0. The van der Waals surface area contributed by atoms with Crippen molar-refractivity contribution in [2.45, 2.75) is 19.3 Å². The van der Waals surface area contributed by atoms with Gasteiger partial charge in [0.15, 0.2) is 17.5 Å². The van der Waals surface area contributed by atoms with Gasteiger partial charge in [0, 0.05) is 60.3 Å². The van der Waals surface area contributed by atoms with Crippen LogP contribution in [0, 0.1) is 0 Å². The number of furan rings is 1. The van der Waals surface area contributed by atoms with Gasteiger partial charge in [0.05, 0.1) is 11.0 Å². The Balaban J connectivity index is 0.951. The van der Waals surface area contributed by atoms with Gasteiger partial charge in [0.1, 0.15) is 11.2 Å². The maximum Gasteiger partial charge on any atom is 0.164 e. The second-order valence-corrected chi connectivity index (χ2v) is 19.9. The van der Waals surface area contributed by atoms with Crippen LogP contribution in [0.1, 0.15) is 25.0 Å². The van der Waals surface area contributed by atoms with E-state index in [2.05, 4.69) is 206 Å². The van der Waals surface area contributed by atoms with Gasteiger partial charge in [-0.3, -0.25) is 0 Å². The molecule has 5 heteroatoms. The monoisotopic (exact) mass is 932 g/mol. The molecule has 5 nitrogen and oxygen atoms in total. The van der Waals surface area contributed by atoms with Crippen molar-refractivity contribution in [3.8, 4) is 73.2 Å². The third kappa shape index (κ3) is 6.32. The normalized spacial score (nSPS) is 12.9. The van der Waals surface area contributed by atoms with Crippen molar-refractivity contribution in [1.82, 2.24) is 19.5 Å². The van der Waals surface area contributed by atoms with Gasteiger partial charge in [-0.05, 0) is 97.6 Å². The fraction of sp³-hybridized carbons (Fsp3) is 0.0441. The zero-order valence-electron chi connectivity index (χ0n) is 40.1. The molecule has 73 heavy (non-hydrogen) atoms. The van der Waals surface area contributed by atoms with E-state index in [0.717, 1.165) is 66.5 Å². The number of fused-ring (bicyclic) bond motifs is 14. The molecule has 15 rings (SSSR count). The Kier molecular flexibility index (Phi) is 8.94. The first-order valence-electron chi connectivity index (χ1n) is 25.0. The van der Waals surface area contributed by atoms with E-state index in [9.17, 15) is 0 Å². The summed E-state index contributed by atoms with van der Waals surface area (Å²) in [4.78, 5) is 15.6. The fourth-order valence-electron chi connectivity index (χ4n) is 12.0. The van der Waals surface area contributed by atoms with Crippen LogP contribution in [0.5, 0.6) is 0 Å². The van der Waals surface area contributed by atoms with Crippen LogP contribution in [0.4, 0.5) is 0 Å². The van der Waals surface area contributed by atoms with E-state index in [1.807, 2.05) is 42.5 Å². The molecule has 0 bridgehead atoms. The number of hydrogen-bond donors (Lipinski definition) is 0. The molecule has 0 saturated heterocycles. The molecule has 0 aliphatic heterocycles. The van der Waals surface area contributed by atoms with Crippen LogP contribution < -0.4 is 0 Å². The number of benzene rings is 11. The van der Waals surface area contributed by atoms with Gasteiger partial charge < -0.3 is 8.98 Å². The molecule has 3 heterocycles.